The molecule has 0 radical (unpaired) electrons. The number of carbonyl (C=O) groups is 2. The van der Waals surface area contributed by atoms with Gasteiger partial charge in [0, 0.05) is 24.3 Å². The molecule has 2 aromatic rings. The Bertz CT molecular complexity index is 808. The van der Waals surface area contributed by atoms with E-state index in [1.165, 1.54) is 11.1 Å². The summed E-state index contributed by atoms with van der Waals surface area (Å²) in [5, 5.41) is 15.1. The maximum Gasteiger partial charge on any atom is 0.322 e. The number of carbonyl (C=O) groups excluding carboxylic acids is 2. The summed E-state index contributed by atoms with van der Waals surface area (Å²) in [6.45, 7) is 5.20. The van der Waals surface area contributed by atoms with Crippen LogP contribution in [0.5, 0.6) is 0 Å². The quantitative estimate of drug-likeness (QED) is 0.718. The van der Waals surface area contributed by atoms with Crippen LogP contribution in [0.3, 0.4) is 0 Å². The molecule has 6 nitrogen and oxygen atoms in total. The number of aliphatic hydroxyl groups is 1. The van der Waals surface area contributed by atoms with Gasteiger partial charge in [0.1, 0.15) is 0 Å². The molecule has 1 aliphatic rings. The number of hydrogen-bond acceptors (Lipinski definition) is 3. The number of urea groups is 1. The molecule has 3 amide bonds. The molecule has 0 saturated carbocycles. The van der Waals surface area contributed by atoms with Crippen molar-refractivity contribution in [2.75, 3.05) is 11.9 Å². The van der Waals surface area contributed by atoms with Gasteiger partial charge in [0.05, 0.1) is 12.6 Å². The number of fused-ring (bicyclic) bond motifs is 1. The van der Waals surface area contributed by atoms with Gasteiger partial charge in [0.15, 0.2) is 0 Å². The highest BCUT2D eigenvalue weighted by Gasteiger charge is 2.23. The van der Waals surface area contributed by atoms with Gasteiger partial charge in [-0.1, -0.05) is 38.1 Å². The van der Waals surface area contributed by atoms with Crippen molar-refractivity contribution in [1.29, 1.82) is 0 Å². The summed E-state index contributed by atoms with van der Waals surface area (Å²) < 4.78 is 0. The lowest BCUT2D eigenvalue weighted by Gasteiger charge is -2.18. The number of nitrogens with one attached hydrogen (secondary N) is 2. The van der Waals surface area contributed by atoms with Gasteiger partial charge < -0.3 is 20.6 Å². The van der Waals surface area contributed by atoms with E-state index in [4.69, 9.17) is 0 Å². The molecular formula is C22H27N3O3. The predicted molar refractivity (Wildman–Crippen MR) is 109 cm³/mol. The van der Waals surface area contributed by atoms with Gasteiger partial charge in [-0.2, -0.15) is 0 Å². The van der Waals surface area contributed by atoms with Crippen LogP contribution in [-0.4, -0.2) is 34.6 Å². The molecular weight excluding hydrogens is 354 g/mol. The molecule has 0 unspecified atom stereocenters. The first-order chi connectivity index (χ1) is 13.5. The van der Waals surface area contributed by atoms with Crippen LogP contribution in [0.4, 0.5) is 10.5 Å². The summed E-state index contributed by atoms with van der Waals surface area (Å²) in [5.41, 5.74) is 3.47. The summed E-state index contributed by atoms with van der Waals surface area (Å²) in [7, 11) is 0. The number of rotatable bonds is 6. The van der Waals surface area contributed by atoms with Gasteiger partial charge in [0.2, 0.25) is 0 Å². The van der Waals surface area contributed by atoms with Crippen molar-refractivity contribution in [3.8, 4) is 0 Å². The molecule has 0 bridgehead atoms. The Hall–Kier alpha value is -2.86. The van der Waals surface area contributed by atoms with E-state index in [1.807, 2.05) is 38.1 Å². The Balaban J connectivity index is 1.56. The zero-order chi connectivity index (χ0) is 20.1. The lowest BCUT2D eigenvalue weighted by Crippen LogP contribution is -2.38. The van der Waals surface area contributed by atoms with Gasteiger partial charge in [-0.15, -0.1) is 0 Å². The average molecular weight is 381 g/mol. The Morgan fingerprint density at radius 2 is 1.64 bits per heavy atom. The number of aliphatic hydroxyl groups excluding tert-OH is 1. The van der Waals surface area contributed by atoms with Crippen LogP contribution in [0.2, 0.25) is 0 Å². The minimum Gasteiger partial charge on any atom is -0.394 e. The molecule has 3 N–H and O–H groups in total. The highest BCUT2D eigenvalue weighted by atomic mass is 16.3. The minimum atomic E-state index is -0.260. The van der Waals surface area contributed by atoms with Gasteiger partial charge in [-0.05, 0) is 47.7 Å². The summed E-state index contributed by atoms with van der Waals surface area (Å²) >= 11 is 0. The van der Waals surface area contributed by atoms with Crippen LogP contribution in [0.1, 0.15) is 41.8 Å². The van der Waals surface area contributed by atoms with Gasteiger partial charge in [-0.25, -0.2) is 4.79 Å². The summed E-state index contributed by atoms with van der Waals surface area (Å²) in [6.07, 6.45) is 0.717. The molecule has 0 spiro atoms. The third-order valence-electron chi connectivity index (χ3n) is 4.84. The lowest BCUT2D eigenvalue weighted by atomic mass is 10.0. The number of hydrogen-bond donors (Lipinski definition) is 3. The Kier molecular flexibility index (Phi) is 6.31. The molecule has 0 aromatic heterocycles. The number of benzene rings is 2. The Labute approximate surface area is 165 Å². The maximum atomic E-state index is 12.5. The van der Waals surface area contributed by atoms with Crippen LogP contribution in [-0.2, 0) is 13.1 Å². The summed E-state index contributed by atoms with van der Waals surface area (Å²) in [5.74, 6) is 0.152. The summed E-state index contributed by atoms with van der Waals surface area (Å²) in [4.78, 5) is 26.6. The third-order valence-corrected chi connectivity index (χ3v) is 4.84. The molecule has 28 heavy (non-hydrogen) atoms. The fourth-order valence-electron chi connectivity index (χ4n) is 3.40. The second-order valence-electron chi connectivity index (χ2n) is 7.61. The molecule has 3 rings (SSSR count). The van der Waals surface area contributed by atoms with Gasteiger partial charge >= 0.3 is 6.03 Å². The molecule has 2 aromatic carbocycles. The molecule has 0 aliphatic carbocycles. The molecule has 1 atom stereocenters. The fraction of sp³-hybridized carbons (Fsp3) is 0.364. The third kappa shape index (κ3) is 4.89. The highest BCUT2D eigenvalue weighted by Crippen LogP contribution is 2.23. The number of amides is 3. The second kappa shape index (κ2) is 8.89. The van der Waals surface area contributed by atoms with E-state index in [-0.39, 0.29) is 24.6 Å². The van der Waals surface area contributed by atoms with Crippen LogP contribution >= 0.6 is 0 Å². The Morgan fingerprint density at radius 3 is 2.18 bits per heavy atom. The fourth-order valence-corrected chi connectivity index (χ4v) is 3.40. The molecule has 6 heteroatoms. The standard InChI is InChI=1S/C22H27N3O3/c1-15(2)11-20(14-26)23-21(27)16-7-9-19(10-8-16)24-22(28)25-12-17-5-3-4-6-18(17)13-25/h3-10,15,20,26H,11-14H2,1-2H3,(H,23,27)(H,24,28)/t20-/m0/s1. The zero-order valence-corrected chi connectivity index (χ0v) is 16.3. The normalized spacial score (nSPS) is 13.9. The van der Waals surface area contributed by atoms with Crippen molar-refractivity contribution in [3.63, 3.8) is 0 Å². The highest BCUT2D eigenvalue weighted by molar-refractivity contribution is 5.95. The minimum absolute atomic E-state index is 0.0870. The maximum absolute atomic E-state index is 12.5. The SMILES string of the molecule is CC(C)C[C@@H](CO)NC(=O)c1ccc(NC(=O)N2Cc3ccccc3C2)cc1. The average Bonchev–Trinajstić information content (AvgIpc) is 3.12. The largest absolute Gasteiger partial charge is 0.394 e. The molecule has 0 saturated heterocycles. The Morgan fingerprint density at radius 1 is 1.04 bits per heavy atom. The molecule has 1 aliphatic heterocycles. The van der Waals surface area contributed by atoms with E-state index in [9.17, 15) is 14.7 Å². The van der Waals surface area contributed by atoms with E-state index in [0.717, 1.165) is 0 Å². The lowest BCUT2D eigenvalue weighted by molar-refractivity contribution is 0.0908. The number of anilines is 1. The van der Waals surface area contributed by atoms with Gasteiger partial charge in [0.25, 0.3) is 5.91 Å². The van der Waals surface area contributed by atoms with Crippen molar-refractivity contribution in [2.24, 2.45) is 5.92 Å². The van der Waals surface area contributed by atoms with Crippen LogP contribution in [0.25, 0.3) is 0 Å². The van der Waals surface area contributed by atoms with Crippen LogP contribution in [0.15, 0.2) is 48.5 Å². The van der Waals surface area contributed by atoms with E-state index >= 15 is 0 Å². The summed E-state index contributed by atoms with van der Waals surface area (Å²) in [6, 6.07) is 14.4. The first kappa shape index (κ1) is 19.9. The predicted octanol–water partition coefficient (Wildman–Crippen LogP) is 3.37. The smallest absolute Gasteiger partial charge is 0.322 e. The monoisotopic (exact) mass is 381 g/mol. The second-order valence-corrected chi connectivity index (χ2v) is 7.61. The van der Waals surface area contributed by atoms with Gasteiger partial charge in [-0.3, -0.25) is 4.79 Å². The van der Waals surface area contributed by atoms with E-state index in [2.05, 4.69) is 10.6 Å². The van der Waals surface area contributed by atoms with Crippen molar-refractivity contribution < 1.29 is 14.7 Å². The first-order valence-corrected chi connectivity index (χ1v) is 9.60. The number of nitrogens with zero attached hydrogens (tertiary/aromatic N) is 1. The zero-order valence-electron chi connectivity index (χ0n) is 16.3. The first-order valence-electron chi connectivity index (χ1n) is 9.60. The van der Waals surface area contributed by atoms with Crippen molar-refractivity contribution >= 4 is 17.6 Å². The van der Waals surface area contributed by atoms with E-state index < -0.39 is 0 Å². The van der Waals surface area contributed by atoms with Crippen molar-refractivity contribution in [2.45, 2.75) is 39.4 Å². The molecule has 1 heterocycles. The van der Waals surface area contributed by atoms with E-state index in [0.29, 0.717) is 36.7 Å². The molecule has 148 valence electrons. The van der Waals surface area contributed by atoms with E-state index in [1.54, 1.807) is 29.2 Å². The van der Waals surface area contributed by atoms with Crippen LogP contribution < -0.4 is 10.6 Å². The van der Waals surface area contributed by atoms with Crippen molar-refractivity contribution in [1.82, 2.24) is 10.2 Å². The topological polar surface area (TPSA) is 81.7 Å². The van der Waals surface area contributed by atoms with Crippen LogP contribution in [0, 0.1) is 5.92 Å². The molecule has 0 fully saturated rings. The van der Waals surface area contributed by atoms with Crippen molar-refractivity contribution in [3.05, 3.63) is 65.2 Å².